The zero-order valence-corrected chi connectivity index (χ0v) is 16.7. The van der Waals surface area contributed by atoms with E-state index < -0.39 is 21.3 Å². The van der Waals surface area contributed by atoms with Crippen molar-refractivity contribution >= 4 is 38.2 Å². The van der Waals surface area contributed by atoms with Crippen molar-refractivity contribution in [2.75, 3.05) is 16.3 Å². The summed E-state index contributed by atoms with van der Waals surface area (Å²) in [5.41, 5.74) is 0.997. The molecule has 9 nitrogen and oxygen atoms in total. The lowest BCUT2D eigenvalue weighted by Crippen LogP contribution is -2.31. The molecule has 1 heterocycles. The molecule has 0 aliphatic carbocycles. The molecule has 3 N–H and O–H groups in total. The number of carbonyl (C=O) groups is 1. The van der Waals surface area contributed by atoms with E-state index in [0.29, 0.717) is 27.8 Å². The Labute approximate surface area is 166 Å². The minimum Gasteiger partial charge on any atom is -0.326 e. The highest BCUT2D eigenvalue weighted by Crippen LogP contribution is 2.20. The smallest absolute Gasteiger partial charge is 0.326 e. The van der Waals surface area contributed by atoms with E-state index in [1.807, 2.05) is 0 Å². The van der Waals surface area contributed by atoms with Gasteiger partial charge in [-0.05, 0) is 42.8 Å². The summed E-state index contributed by atoms with van der Waals surface area (Å²) in [6.45, 7) is 1.81. The van der Waals surface area contributed by atoms with E-state index >= 15 is 0 Å². The molecule has 10 heteroatoms. The van der Waals surface area contributed by atoms with Gasteiger partial charge in [0.1, 0.15) is 0 Å². The number of carbonyl (C=O) groups excluding carboxylic acids is 1. The van der Waals surface area contributed by atoms with E-state index in [1.54, 1.807) is 49.4 Å². The number of rotatable bonds is 6. The zero-order chi connectivity index (χ0) is 21.2. The summed E-state index contributed by atoms with van der Waals surface area (Å²) in [5, 5.41) is 3.09. The van der Waals surface area contributed by atoms with E-state index in [-0.39, 0.29) is 18.9 Å². The Balaban J connectivity index is 1.73. The summed E-state index contributed by atoms with van der Waals surface area (Å²) in [5.74, 6) is -0.324. The second kappa shape index (κ2) is 7.92. The van der Waals surface area contributed by atoms with Crippen molar-refractivity contribution in [1.82, 2.24) is 9.55 Å². The number of para-hydroxylation sites is 1. The second-order valence-corrected chi connectivity index (χ2v) is 8.38. The van der Waals surface area contributed by atoms with Crippen LogP contribution < -0.4 is 21.3 Å². The van der Waals surface area contributed by atoms with Crippen molar-refractivity contribution in [3.05, 3.63) is 68.9 Å². The fraction of sp³-hybridized carbons (Fsp3) is 0.211. The molecular formula is C19H20N4O5S. The number of nitrogens with zero attached hydrogens (tertiary/aromatic N) is 1. The molecule has 0 saturated carbocycles. The van der Waals surface area contributed by atoms with Crippen LogP contribution in [0.15, 0.2) is 52.1 Å². The highest BCUT2D eigenvalue weighted by Gasteiger charge is 2.10. The van der Waals surface area contributed by atoms with Gasteiger partial charge in [-0.15, -0.1) is 0 Å². The molecule has 29 heavy (non-hydrogen) atoms. The molecule has 0 saturated heterocycles. The third-order valence-electron chi connectivity index (χ3n) is 4.27. The van der Waals surface area contributed by atoms with Gasteiger partial charge in [-0.25, -0.2) is 13.2 Å². The molecule has 0 unspecified atom stereocenters. The number of fused-ring (bicyclic) bond motifs is 1. The average Bonchev–Trinajstić information content (AvgIpc) is 2.63. The summed E-state index contributed by atoms with van der Waals surface area (Å²) in [6.07, 6.45) is 1.07. The van der Waals surface area contributed by atoms with Gasteiger partial charge >= 0.3 is 5.69 Å². The average molecular weight is 416 g/mol. The third-order valence-corrected chi connectivity index (χ3v) is 4.86. The van der Waals surface area contributed by atoms with Crippen LogP contribution in [0.4, 0.5) is 11.4 Å². The van der Waals surface area contributed by atoms with Crippen molar-refractivity contribution < 1.29 is 13.2 Å². The Morgan fingerprint density at radius 1 is 1.14 bits per heavy atom. The molecule has 2 aromatic carbocycles. The molecule has 3 rings (SSSR count). The lowest BCUT2D eigenvalue weighted by Gasteiger charge is -2.12. The van der Waals surface area contributed by atoms with Gasteiger partial charge in [-0.1, -0.05) is 12.1 Å². The van der Waals surface area contributed by atoms with E-state index in [2.05, 4.69) is 15.0 Å². The Morgan fingerprint density at radius 2 is 1.86 bits per heavy atom. The van der Waals surface area contributed by atoms with Gasteiger partial charge in [0.2, 0.25) is 15.9 Å². The molecule has 1 amide bonds. The van der Waals surface area contributed by atoms with Crippen LogP contribution in [-0.4, -0.2) is 30.1 Å². The van der Waals surface area contributed by atoms with Gasteiger partial charge in [-0.3, -0.25) is 23.9 Å². The van der Waals surface area contributed by atoms with E-state index in [4.69, 9.17) is 0 Å². The fourth-order valence-electron chi connectivity index (χ4n) is 2.96. The lowest BCUT2D eigenvalue weighted by molar-refractivity contribution is -0.116. The molecule has 0 aliphatic heterocycles. The number of hydrogen-bond acceptors (Lipinski definition) is 5. The topological polar surface area (TPSA) is 130 Å². The van der Waals surface area contributed by atoms with E-state index in [0.717, 1.165) is 6.26 Å². The van der Waals surface area contributed by atoms with Gasteiger partial charge in [0.15, 0.2) is 0 Å². The lowest BCUT2D eigenvalue weighted by atomic mass is 10.2. The van der Waals surface area contributed by atoms with Gasteiger partial charge in [0.25, 0.3) is 5.56 Å². The molecule has 0 spiro atoms. The maximum absolute atomic E-state index is 12.3. The molecular weight excluding hydrogens is 396 g/mol. The van der Waals surface area contributed by atoms with Crippen molar-refractivity contribution in [2.45, 2.75) is 19.9 Å². The number of aromatic nitrogens is 2. The zero-order valence-electron chi connectivity index (χ0n) is 15.9. The summed E-state index contributed by atoms with van der Waals surface area (Å²) in [4.78, 5) is 38.6. The minimum absolute atomic E-state index is 0.0122. The maximum atomic E-state index is 12.3. The predicted molar refractivity (Wildman–Crippen MR) is 112 cm³/mol. The van der Waals surface area contributed by atoms with Crippen molar-refractivity contribution in [3.63, 3.8) is 0 Å². The summed E-state index contributed by atoms with van der Waals surface area (Å²) >= 11 is 0. The van der Waals surface area contributed by atoms with Crippen LogP contribution in [-0.2, 0) is 21.4 Å². The Bertz CT molecular complexity index is 1310. The van der Waals surface area contributed by atoms with Crippen LogP contribution in [0, 0.1) is 6.92 Å². The molecule has 1 aromatic heterocycles. The summed E-state index contributed by atoms with van der Waals surface area (Å²) < 4.78 is 26.4. The van der Waals surface area contributed by atoms with Crippen LogP contribution in [0.2, 0.25) is 0 Å². The van der Waals surface area contributed by atoms with Crippen LogP contribution in [0.1, 0.15) is 12.0 Å². The number of nitrogens with one attached hydrogen (secondary N) is 3. The maximum Gasteiger partial charge on any atom is 0.328 e. The van der Waals surface area contributed by atoms with Gasteiger partial charge in [0.05, 0.1) is 22.8 Å². The number of sulfonamides is 1. The second-order valence-electron chi connectivity index (χ2n) is 6.63. The van der Waals surface area contributed by atoms with Gasteiger partial charge in [0, 0.05) is 18.7 Å². The number of amides is 1. The molecule has 0 radical (unpaired) electrons. The summed E-state index contributed by atoms with van der Waals surface area (Å²) in [7, 11) is -3.39. The number of hydrogen-bond donors (Lipinski definition) is 3. The highest BCUT2D eigenvalue weighted by molar-refractivity contribution is 7.92. The van der Waals surface area contributed by atoms with Crippen molar-refractivity contribution in [2.24, 2.45) is 0 Å². The minimum atomic E-state index is -3.39. The van der Waals surface area contributed by atoms with Crippen LogP contribution >= 0.6 is 0 Å². The normalized spacial score (nSPS) is 11.4. The van der Waals surface area contributed by atoms with Crippen molar-refractivity contribution in [3.8, 4) is 0 Å². The fourth-order valence-corrected chi connectivity index (χ4v) is 3.59. The number of aromatic amines is 1. The predicted octanol–water partition coefficient (Wildman–Crippen LogP) is 1.40. The molecule has 0 fully saturated rings. The Morgan fingerprint density at radius 3 is 2.55 bits per heavy atom. The largest absolute Gasteiger partial charge is 0.328 e. The first-order valence-electron chi connectivity index (χ1n) is 8.74. The Kier molecular flexibility index (Phi) is 5.55. The number of aryl methyl sites for hydroxylation is 2. The molecule has 152 valence electrons. The van der Waals surface area contributed by atoms with Crippen LogP contribution in [0.25, 0.3) is 10.9 Å². The first-order valence-corrected chi connectivity index (χ1v) is 10.6. The van der Waals surface area contributed by atoms with Gasteiger partial charge in [-0.2, -0.15) is 0 Å². The molecule has 0 bridgehead atoms. The van der Waals surface area contributed by atoms with Crippen molar-refractivity contribution in [1.29, 1.82) is 0 Å². The van der Waals surface area contributed by atoms with Crippen LogP contribution in [0.3, 0.4) is 0 Å². The van der Waals surface area contributed by atoms with E-state index in [1.165, 1.54) is 4.57 Å². The Hall–Kier alpha value is -3.40. The quantitative estimate of drug-likeness (QED) is 0.559. The third kappa shape index (κ3) is 4.91. The standard InChI is InChI=1S/C19H20N4O5S/c1-12-11-13(7-8-15(12)22-29(2,27)28)20-17(24)9-10-23-16-6-4-3-5-14(16)18(25)21-19(23)26/h3-8,11,22H,9-10H2,1-2H3,(H,20,24)(H,21,25,26). The first-order chi connectivity index (χ1) is 13.6. The highest BCUT2D eigenvalue weighted by atomic mass is 32.2. The molecule has 0 atom stereocenters. The number of H-pyrrole nitrogens is 1. The molecule has 0 aliphatic rings. The first kappa shape index (κ1) is 20.3. The number of anilines is 2. The van der Waals surface area contributed by atoms with E-state index in [9.17, 15) is 22.8 Å². The molecule has 3 aromatic rings. The monoisotopic (exact) mass is 416 g/mol. The number of benzene rings is 2. The van der Waals surface area contributed by atoms with Crippen LogP contribution in [0.5, 0.6) is 0 Å². The summed E-state index contributed by atoms with van der Waals surface area (Å²) in [6, 6.07) is 11.5. The SMILES string of the molecule is Cc1cc(NC(=O)CCn2c(=O)[nH]c(=O)c3ccccc32)ccc1NS(C)(=O)=O. The van der Waals surface area contributed by atoms with Gasteiger partial charge < -0.3 is 5.32 Å².